The highest BCUT2D eigenvalue weighted by Crippen LogP contribution is 2.23. The van der Waals surface area contributed by atoms with Gasteiger partial charge in [-0.25, -0.2) is 13.1 Å². The molecule has 2 heterocycles. The van der Waals surface area contributed by atoms with Crippen molar-refractivity contribution in [3.05, 3.63) is 17.0 Å². The molecule has 2 atom stereocenters. The van der Waals surface area contributed by atoms with Gasteiger partial charge in [-0.2, -0.15) is 0 Å². The molecule has 0 amide bonds. The first-order chi connectivity index (χ1) is 9.42. The number of nitrogens with zero attached hydrogens (tertiary/aromatic N) is 1. The van der Waals surface area contributed by atoms with Gasteiger partial charge < -0.3 is 10.2 Å². The van der Waals surface area contributed by atoms with Crippen LogP contribution >= 0.6 is 11.3 Å². The zero-order chi connectivity index (χ0) is 14.8. The van der Waals surface area contributed by atoms with Gasteiger partial charge in [0.1, 0.15) is 4.21 Å². The van der Waals surface area contributed by atoms with Gasteiger partial charge in [-0.05, 0) is 52.5 Å². The summed E-state index contributed by atoms with van der Waals surface area (Å²) in [6.07, 6.45) is 1.74. The summed E-state index contributed by atoms with van der Waals surface area (Å²) in [5.74, 6) is 0. The minimum Gasteiger partial charge on any atom is -0.315 e. The highest BCUT2D eigenvalue weighted by atomic mass is 32.2. The Balaban J connectivity index is 2.03. The van der Waals surface area contributed by atoms with Gasteiger partial charge in [0.05, 0.1) is 0 Å². The van der Waals surface area contributed by atoms with Crippen LogP contribution in [-0.2, 0) is 16.6 Å². The summed E-state index contributed by atoms with van der Waals surface area (Å²) in [5.41, 5.74) is 0. The van der Waals surface area contributed by atoms with Crippen molar-refractivity contribution in [1.82, 2.24) is 14.9 Å². The number of hydrogen-bond donors (Lipinski definition) is 2. The lowest BCUT2D eigenvalue weighted by molar-refractivity contribution is 0.178. The van der Waals surface area contributed by atoms with Crippen LogP contribution in [0, 0.1) is 0 Å². The Morgan fingerprint density at radius 3 is 2.85 bits per heavy atom. The van der Waals surface area contributed by atoms with Gasteiger partial charge in [0.2, 0.25) is 10.0 Å². The fourth-order valence-corrected chi connectivity index (χ4v) is 5.11. The Kier molecular flexibility index (Phi) is 5.19. The maximum absolute atomic E-state index is 12.4. The maximum Gasteiger partial charge on any atom is 0.250 e. The van der Waals surface area contributed by atoms with Crippen LogP contribution in [0.4, 0.5) is 0 Å². The van der Waals surface area contributed by atoms with E-state index in [1.807, 2.05) is 13.1 Å². The molecule has 0 radical (unpaired) electrons. The molecule has 20 heavy (non-hydrogen) atoms. The first-order valence-electron chi connectivity index (χ1n) is 6.88. The third-order valence-corrected chi connectivity index (χ3v) is 6.88. The number of hydrogen-bond acceptors (Lipinski definition) is 5. The normalized spacial score (nSPS) is 24.9. The molecule has 1 aliphatic rings. The van der Waals surface area contributed by atoms with Crippen molar-refractivity contribution in [2.24, 2.45) is 0 Å². The lowest BCUT2D eigenvalue weighted by atomic mass is 10.0. The Bertz CT molecular complexity index is 542. The summed E-state index contributed by atoms with van der Waals surface area (Å²) in [6.45, 7) is 3.77. The number of rotatable bonds is 5. The van der Waals surface area contributed by atoms with Crippen LogP contribution in [0.2, 0.25) is 0 Å². The van der Waals surface area contributed by atoms with E-state index in [2.05, 4.69) is 28.9 Å². The Labute approximate surface area is 125 Å². The van der Waals surface area contributed by atoms with Crippen molar-refractivity contribution in [2.75, 3.05) is 20.6 Å². The van der Waals surface area contributed by atoms with Crippen molar-refractivity contribution in [2.45, 2.75) is 42.6 Å². The molecule has 2 N–H and O–H groups in total. The van der Waals surface area contributed by atoms with Gasteiger partial charge in [0, 0.05) is 23.5 Å². The van der Waals surface area contributed by atoms with Gasteiger partial charge in [-0.1, -0.05) is 0 Å². The molecule has 0 aromatic carbocycles. The van der Waals surface area contributed by atoms with E-state index >= 15 is 0 Å². The van der Waals surface area contributed by atoms with Crippen LogP contribution in [0.1, 0.15) is 24.6 Å². The Morgan fingerprint density at radius 1 is 1.45 bits per heavy atom. The second kappa shape index (κ2) is 6.53. The highest BCUT2D eigenvalue weighted by Gasteiger charge is 2.27. The lowest BCUT2D eigenvalue weighted by Crippen LogP contribution is -2.47. The zero-order valence-corrected chi connectivity index (χ0v) is 13.9. The maximum atomic E-state index is 12.4. The van der Waals surface area contributed by atoms with E-state index in [4.69, 9.17) is 0 Å². The summed E-state index contributed by atoms with van der Waals surface area (Å²) in [6, 6.07) is 4.02. The second-order valence-electron chi connectivity index (χ2n) is 5.42. The van der Waals surface area contributed by atoms with Gasteiger partial charge in [-0.3, -0.25) is 0 Å². The van der Waals surface area contributed by atoms with Crippen LogP contribution in [0.25, 0.3) is 0 Å². The number of sulfonamides is 1. The standard InChI is InChI=1S/C13H23N3O2S2/c1-10-8-11(6-7-16(10)3)15-20(17,18)13-5-4-12(19-13)9-14-2/h4-5,10-11,14-15H,6-9H2,1-3H3. The fourth-order valence-electron chi connectivity index (χ4n) is 2.45. The molecule has 1 aromatic rings. The minimum absolute atomic E-state index is 0.0426. The van der Waals surface area contributed by atoms with Crippen molar-refractivity contribution < 1.29 is 8.42 Å². The van der Waals surface area contributed by atoms with Gasteiger partial charge >= 0.3 is 0 Å². The van der Waals surface area contributed by atoms with Gasteiger partial charge in [0.15, 0.2) is 0 Å². The average molecular weight is 317 g/mol. The quantitative estimate of drug-likeness (QED) is 0.857. The molecule has 114 valence electrons. The van der Waals surface area contributed by atoms with E-state index in [0.29, 0.717) is 16.8 Å². The van der Waals surface area contributed by atoms with Crippen LogP contribution in [0.3, 0.4) is 0 Å². The van der Waals surface area contributed by atoms with Crippen molar-refractivity contribution in [1.29, 1.82) is 0 Å². The van der Waals surface area contributed by atoms with E-state index in [9.17, 15) is 8.42 Å². The molecule has 2 rings (SSSR count). The molecule has 1 saturated heterocycles. The van der Waals surface area contributed by atoms with Crippen LogP contribution < -0.4 is 10.0 Å². The Hall–Kier alpha value is -0.470. The summed E-state index contributed by atoms with van der Waals surface area (Å²) >= 11 is 1.33. The molecule has 0 saturated carbocycles. The largest absolute Gasteiger partial charge is 0.315 e. The topological polar surface area (TPSA) is 61.4 Å². The predicted octanol–water partition coefficient (Wildman–Crippen LogP) is 1.23. The molecule has 0 aliphatic carbocycles. The average Bonchev–Trinajstić information content (AvgIpc) is 2.83. The molecule has 0 bridgehead atoms. The predicted molar refractivity (Wildman–Crippen MR) is 82.5 cm³/mol. The van der Waals surface area contributed by atoms with E-state index in [1.165, 1.54) is 11.3 Å². The van der Waals surface area contributed by atoms with Crippen molar-refractivity contribution in [3.8, 4) is 0 Å². The summed E-state index contributed by atoms with van der Waals surface area (Å²) < 4.78 is 28.0. The molecule has 2 unspecified atom stereocenters. The SMILES string of the molecule is CNCc1ccc(S(=O)(=O)NC2CCN(C)C(C)C2)s1. The third kappa shape index (κ3) is 3.79. The fraction of sp³-hybridized carbons (Fsp3) is 0.692. The molecule has 0 spiro atoms. The lowest BCUT2D eigenvalue weighted by Gasteiger charge is -2.35. The monoisotopic (exact) mass is 317 g/mol. The van der Waals surface area contributed by atoms with Crippen LogP contribution in [0.5, 0.6) is 0 Å². The Morgan fingerprint density at radius 2 is 2.20 bits per heavy atom. The number of piperidine rings is 1. The molecule has 1 aliphatic heterocycles. The summed E-state index contributed by atoms with van der Waals surface area (Å²) in [7, 11) is 0.559. The second-order valence-corrected chi connectivity index (χ2v) is 8.53. The highest BCUT2D eigenvalue weighted by molar-refractivity contribution is 7.91. The molecular formula is C13H23N3O2S2. The van der Waals surface area contributed by atoms with E-state index in [1.54, 1.807) is 6.07 Å². The first kappa shape index (κ1) is 15.9. The molecular weight excluding hydrogens is 294 g/mol. The smallest absolute Gasteiger partial charge is 0.250 e. The minimum atomic E-state index is -3.38. The number of thiophene rings is 1. The van der Waals surface area contributed by atoms with Crippen molar-refractivity contribution >= 4 is 21.4 Å². The van der Waals surface area contributed by atoms with Crippen LogP contribution in [0.15, 0.2) is 16.3 Å². The van der Waals surface area contributed by atoms with Crippen molar-refractivity contribution in [3.63, 3.8) is 0 Å². The van der Waals surface area contributed by atoms with E-state index in [0.717, 1.165) is 24.3 Å². The number of likely N-dealkylation sites (tertiary alicyclic amines) is 1. The van der Waals surface area contributed by atoms with E-state index in [-0.39, 0.29) is 6.04 Å². The molecule has 1 aromatic heterocycles. The summed E-state index contributed by atoms with van der Waals surface area (Å²) in [5, 5.41) is 3.03. The molecule has 7 heteroatoms. The van der Waals surface area contributed by atoms with Crippen LogP contribution in [-0.4, -0.2) is 46.0 Å². The third-order valence-electron chi connectivity index (χ3n) is 3.78. The first-order valence-corrected chi connectivity index (χ1v) is 9.18. The van der Waals surface area contributed by atoms with Gasteiger partial charge in [-0.15, -0.1) is 11.3 Å². The number of nitrogens with one attached hydrogen (secondary N) is 2. The van der Waals surface area contributed by atoms with E-state index < -0.39 is 10.0 Å². The molecule has 1 fully saturated rings. The van der Waals surface area contributed by atoms with Gasteiger partial charge in [0.25, 0.3) is 0 Å². The summed E-state index contributed by atoms with van der Waals surface area (Å²) in [4.78, 5) is 3.30. The molecule has 5 nitrogen and oxygen atoms in total. The zero-order valence-electron chi connectivity index (χ0n) is 12.2.